The highest BCUT2D eigenvalue weighted by Crippen LogP contribution is 2.16. The van der Waals surface area contributed by atoms with Gasteiger partial charge >= 0.3 is 11.9 Å². The average molecular weight is 363 g/mol. The molecule has 0 radical (unpaired) electrons. The molecule has 0 spiro atoms. The molecule has 0 aliphatic carbocycles. The molecule has 0 heterocycles. The first-order valence-electron chi connectivity index (χ1n) is 6.74. The standard InChI is InChI=1S/C17H15BrO4/c18-14-8-6-12(7-9-14)10-15(16(19)20)17(21)22-11-13-4-2-1-3-5-13/h1-9,15H,10-11H2,(H,19,20)/t15-/m0/s1. The maximum absolute atomic E-state index is 12.0. The summed E-state index contributed by atoms with van der Waals surface area (Å²) in [5.74, 6) is -3.11. The molecule has 0 aliphatic heterocycles. The van der Waals surface area contributed by atoms with E-state index in [2.05, 4.69) is 15.9 Å². The van der Waals surface area contributed by atoms with Gasteiger partial charge in [-0.2, -0.15) is 0 Å². The highest BCUT2D eigenvalue weighted by Gasteiger charge is 2.28. The summed E-state index contributed by atoms with van der Waals surface area (Å²) in [6.07, 6.45) is 0.107. The molecule has 0 bridgehead atoms. The van der Waals surface area contributed by atoms with Crippen LogP contribution in [0.25, 0.3) is 0 Å². The predicted molar refractivity (Wildman–Crippen MR) is 85.2 cm³/mol. The van der Waals surface area contributed by atoms with E-state index >= 15 is 0 Å². The Morgan fingerprint density at radius 3 is 2.23 bits per heavy atom. The summed E-state index contributed by atoms with van der Waals surface area (Å²) >= 11 is 3.31. The number of carbonyl (C=O) groups excluding carboxylic acids is 1. The summed E-state index contributed by atoms with van der Waals surface area (Å²) in [6.45, 7) is 0.0732. The molecular weight excluding hydrogens is 348 g/mol. The van der Waals surface area contributed by atoms with Crippen LogP contribution in [0, 0.1) is 5.92 Å². The Balaban J connectivity index is 1.99. The topological polar surface area (TPSA) is 63.6 Å². The normalized spacial score (nSPS) is 11.7. The summed E-state index contributed by atoms with van der Waals surface area (Å²) in [7, 11) is 0. The number of halogens is 1. The lowest BCUT2D eigenvalue weighted by Crippen LogP contribution is -2.27. The van der Waals surface area contributed by atoms with Gasteiger partial charge in [0.15, 0.2) is 5.92 Å². The van der Waals surface area contributed by atoms with Gasteiger partial charge in [0, 0.05) is 4.47 Å². The van der Waals surface area contributed by atoms with Gasteiger partial charge in [0.1, 0.15) is 6.61 Å². The summed E-state index contributed by atoms with van der Waals surface area (Å²) in [5.41, 5.74) is 1.59. The van der Waals surface area contributed by atoms with Crippen LogP contribution in [0.2, 0.25) is 0 Å². The highest BCUT2D eigenvalue weighted by molar-refractivity contribution is 9.10. The van der Waals surface area contributed by atoms with Gasteiger partial charge in [0.25, 0.3) is 0 Å². The summed E-state index contributed by atoms with van der Waals surface area (Å²) in [5, 5.41) is 9.25. The van der Waals surface area contributed by atoms with Crippen LogP contribution in [0.4, 0.5) is 0 Å². The number of hydrogen-bond acceptors (Lipinski definition) is 3. The molecule has 1 N–H and O–H groups in total. The molecule has 0 saturated heterocycles. The summed E-state index contributed by atoms with van der Waals surface area (Å²) < 4.78 is 6.02. The fourth-order valence-corrected chi connectivity index (χ4v) is 2.22. The van der Waals surface area contributed by atoms with Crippen molar-refractivity contribution in [1.29, 1.82) is 0 Å². The smallest absolute Gasteiger partial charge is 0.320 e. The third-order valence-electron chi connectivity index (χ3n) is 3.16. The van der Waals surface area contributed by atoms with Crippen molar-refractivity contribution < 1.29 is 19.4 Å². The van der Waals surface area contributed by atoms with E-state index in [0.29, 0.717) is 0 Å². The van der Waals surface area contributed by atoms with Gasteiger partial charge in [-0.05, 0) is 29.7 Å². The first kappa shape index (κ1) is 16.2. The molecular formula is C17H15BrO4. The Labute approximate surface area is 136 Å². The van der Waals surface area contributed by atoms with Crippen LogP contribution in [0.1, 0.15) is 11.1 Å². The Morgan fingerprint density at radius 2 is 1.64 bits per heavy atom. The van der Waals surface area contributed by atoms with Crippen LogP contribution in [0.15, 0.2) is 59.1 Å². The van der Waals surface area contributed by atoms with Crippen LogP contribution in [0.5, 0.6) is 0 Å². The number of carbonyl (C=O) groups is 2. The molecule has 0 aromatic heterocycles. The minimum Gasteiger partial charge on any atom is -0.481 e. The van der Waals surface area contributed by atoms with Gasteiger partial charge in [-0.25, -0.2) is 0 Å². The molecule has 0 unspecified atom stereocenters. The number of carboxylic acids is 1. The van der Waals surface area contributed by atoms with Crippen molar-refractivity contribution >= 4 is 27.9 Å². The molecule has 4 nitrogen and oxygen atoms in total. The van der Waals surface area contributed by atoms with Crippen molar-refractivity contribution in [3.63, 3.8) is 0 Å². The zero-order valence-electron chi connectivity index (χ0n) is 11.7. The van der Waals surface area contributed by atoms with E-state index in [1.807, 2.05) is 42.5 Å². The molecule has 0 fully saturated rings. The molecule has 0 amide bonds. The summed E-state index contributed by atoms with van der Waals surface area (Å²) in [6, 6.07) is 16.3. The molecule has 2 aromatic rings. The molecule has 5 heteroatoms. The Bertz CT molecular complexity index is 637. The fraction of sp³-hybridized carbons (Fsp3) is 0.176. The summed E-state index contributed by atoms with van der Waals surface area (Å²) in [4.78, 5) is 23.3. The Kier molecular flexibility index (Phi) is 5.72. The first-order chi connectivity index (χ1) is 10.6. The van der Waals surface area contributed by atoms with Crippen molar-refractivity contribution in [1.82, 2.24) is 0 Å². The van der Waals surface area contributed by atoms with Gasteiger partial charge in [0.2, 0.25) is 0 Å². The monoisotopic (exact) mass is 362 g/mol. The van der Waals surface area contributed by atoms with Crippen molar-refractivity contribution in [2.24, 2.45) is 5.92 Å². The van der Waals surface area contributed by atoms with Crippen LogP contribution < -0.4 is 0 Å². The fourth-order valence-electron chi connectivity index (χ4n) is 1.96. The zero-order chi connectivity index (χ0) is 15.9. The number of esters is 1. The van der Waals surface area contributed by atoms with E-state index < -0.39 is 17.9 Å². The van der Waals surface area contributed by atoms with Crippen molar-refractivity contribution in [2.75, 3.05) is 0 Å². The van der Waals surface area contributed by atoms with Gasteiger partial charge in [-0.1, -0.05) is 58.4 Å². The maximum atomic E-state index is 12.0. The molecule has 0 aliphatic rings. The van der Waals surface area contributed by atoms with Gasteiger partial charge in [-0.15, -0.1) is 0 Å². The van der Waals surface area contributed by atoms with E-state index in [0.717, 1.165) is 15.6 Å². The Hall–Kier alpha value is -2.14. The van der Waals surface area contributed by atoms with Crippen LogP contribution in [0.3, 0.4) is 0 Å². The van der Waals surface area contributed by atoms with E-state index in [1.54, 1.807) is 12.1 Å². The molecule has 2 aromatic carbocycles. The van der Waals surface area contributed by atoms with E-state index in [9.17, 15) is 14.7 Å². The SMILES string of the molecule is O=C(O)[C@H](Cc1ccc(Br)cc1)C(=O)OCc1ccccc1. The second-order valence-corrected chi connectivity index (χ2v) is 5.73. The van der Waals surface area contributed by atoms with E-state index in [-0.39, 0.29) is 13.0 Å². The maximum Gasteiger partial charge on any atom is 0.320 e. The van der Waals surface area contributed by atoms with Crippen molar-refractivity contribution in [3.05, 3.63) is 70.2 Å². The second-order valence-electron chi connectivity index (χ2n) is 4.81. The van der Waals surface area contributed by atoms with Crippen LogP contribution in [-0.4, -0.2) is 17.0 Å². The molecule has 22 heavy (non-hydrogen) atoms. The van der Waals surface area contributed by atoms with Gasteiger partial charge in [-0.3, -0.25) is 9.59 Å². The van der Waals surface area contributed by atoms with Crippen molar-refractivity contribution in [2.45, 2.75) is 13.0 Å². The number of hydrogen-bond donors (Lipinski definition) is 1. The Morgan fingerprint density at radius 1 is 1.00 bits per heavy atom. The molecule has 2 rings (SSSR count). The lowest BCUT2D eigenvalue weighted by atomic mass is 10.00. The lowest BCUT2D eigenvalue weighted by molar-refractivity contribution is -0.159. The third kappa shape index (κ3) is 4.70. The van der Waals surface area contributed by atoms with Gasteiger partial charge in [0.05, 0.1) is 0 Å². The van der Waals surface area contributed by atoms with Crippen LogP contribution in [-0.2, 0) is 27.4 Å². The molecule has 1 atom stereocenters. The number of ether oxygens (including phenoxy) is 1. The second kappa shape index (κ2) is 7.75. The van der Waals surface area contributed by atoms with E-state index in [4.69, 9.17) is 4.74 Å². The quantitative estimate of drug-likeness (QED) is 0.631. The minimum absolute atomic E-state index is 0.0732. The zero-order valence-corrected chi connectivity index (χ0v) is 13.3. The largest absolute Gasteiger partial charge is 0.481 e. The number of carboxylic acid groups (broad SMARTS) is 1. The molecule has 114 valence electrons. The number of benzene rings is 2. The number of aliphatic carboxylic acids is 1. The first-order valence-corrected chi connectivity index (χ1v) is 7.53. The average Bonchev–Trinajstić information content (AvgIpc) is 2.52. The minimum atomic E-state index is -1.20. The van der Waals surface area contributed by atoms with Crippen LogP contribution >= 0.6 is 15.9 Å². The van der Waals surface area contributed by atoms with Gasteiger partial charge < -0.3 is 9.84 Å². The van der Waals surface area contributed by atoms with Crippen molar-refractivity contribution in [3.8, 4) is 0 Å². The van der Waals surface area contributed by atoms with E-state index in [1.165, 1.54) is 0 Å². The lowest BCUT2D eigenvalue weighted by Gasteiger charge is -2.12. The highest BCUT2D eigenvalue weighted by atomic mass is 79.9. The molecule has 0 saturated carbocycles. The predicted octanol–water partition coefficient (Wildman–Crippen LogP) is 3.44. The number of rotatable bonds is 6. The third-order valence-corrected chi connectivity index (χ3v) is 3.69.